The highest BCUT2D eigenvalue weighted by Crippen LogP contribution is 2.42. The normalized spacial score (nSPS) is 14.3. The van der Waals surface area contributed by atoms with Crippen LogP contribution in [0.3, 0.4) is 0 Å². The Labute approximate surface area is 432 Å². The van der Waals surface area contributed by atoms with Crippen molar-refractivity contribution in [3.63, 3.8) is 0 Å². The van der Waals surface area contributed by atoms with Gasteiger partial charge in [0.15, 0.2) is 0 Å². The lowest BCUT2D eigenvalue weighted by Gasteiger charge is -2.30. The van der Waals surface area contributed by atoms with Gasteiger partial charge in [-0.25, -0.2) is 9.97 Å². The van der Waals surface area contributed by atoms with Gasteiger partial charge in [0, 0.05) is 39.5 Å². The van der Waals surface area contributed by atoms with Gasteiger partial charge in [-0.3, -0.25) is 18.6 Å². The van der Waals surface area contributed by atoms with Gasteiger partial charge >= 0.3 is 0 Å². The first-order chi connectivity index (χ1) is 38.3. The van der Waals surface area contributed by atoms with Gasteiger partial charge in [-0.15, -0.1) is 0 Å². The molecule has 4 aromatic heterocycles. The molecule has 350 valence electrons. The second kappa shape index (κ2) is 17.4. The van der Waals surface area contributed by atoms with Gasteiger partial charge in [0.05, 0.1) is 47.1 Å². The Kier molecular flexibility index (Phi) is 8.59. The maximum Gasteiger partial charge on any atom is 0.269 e. The fraction of sp³-hybridized carbons (Fsp3) is 0.185. The van der Waals surface area contributed by atoms with Crippen molar-refractivity contribution >= 4 is 50.0 Å². The van der Waals surface area contributed by atoms with Crippen LogP contribution in [0, 0.1) is 6.33 Å². The van der Waals surface area contributed by atoms with Crippen molar-refractivity contribution in [1.82, 2.24) is 19.1 Å². The summed E-state index contributed by atoms with van der Waals surface area (Å²) in [5, 5.41) is 2.15. The van der Waals surface area contributed by atoms with Gasteiger partial charge in [0.2, 0.25) is 0 Å². The van der Waals surface area contributed by atoms with Gasteiger partial charge in [0.1, 0.15) is 11.6 Å². The van der Waals surface area contributed by atoms with Crippen LogP contribution in [0.2, 0.25) is 0 Å². The maximum absolute atomic E-state index is 9.18. The molecule has 6 nitrogen and oxygen atoms in total. The summed E-state index contributed by atoms with van der Waals surface area (Å²) in [6, 6.07) is 38.7. The number of imidazole rings is 1. The number of hydrogen-bond acceptors (Lipinski definition) is 3. The van der Waals surface area contributed by atoms with Crippen molar-refractivity contribution in [1.29, 1.82) is 0 Å². The van der Waals surface area contributed by atoms with Crippen LogP contribution < -0.4 is 9.47 Å². The molecule has 0 N–H and O–H groups in total. The molecule has 0 unspecified atom stereocenters. The first kappa shape index (κ1) is 35.1. The van der Waals surface area contributed by atoms with Crippen molar-refractivity contribution in [2.75, 3.05) is 4.90 Å². The molecule has 4 heterocycles. The quantitative estimate of drug-likeness (QED) is 0.113. The Bertz CT molecular complexity index is 4210. The standard InChI is InChI=1S/C65H60N6/c1-63(2,3)46-36-37-66-60(39-46)71-55-31-17-16-28-53(55)54-35-34-50(42-58(54)71)70(61-40-47(64(4,5)6)38-59(67-61)65(7,8)9)49-27-20-26-48(41-49)68-43-69(57-33-19-18-32-56(57)68)62-51(44-22-12-10-13-23-44)29-21-30-52(62)45-24-14-11-15-25-45/h10-42H,1-9H3/i10D,11D,12D,13D,14D,15D,22D,23D,24D,25D. The monoisotopic (exact) mass is 935 g/mol. The van der Waals surface area contributed by atoms with E-state index in [1.54, 1.807) is 22.8 Å². The lowest BCUT2D eigenvalue weighted by atomic mass is 9.83. The molecule has 11 rings (SSSR count). The van der Waals surface area contributed by atoms with E-state index in [0.717, 1.165) is 55.8 Å². The van der Waals surface area contributed by atoms with Crippen molar-refractivity contribution in [2.45, 2.75) is 78.6 Å². The van der Waals surface area contributed by atoms with Crippen LogP contribution in [0.4, 0.5) is 17.2 Å². The molecule has 0 aliphatic carbocycles. The van der Waals surface area contributed by atoms with Crippen molar-refractivity contribution in [3.8, 4) is 39.4 Å². The predicted molar refractivity (Wildman–Crippen MR) is 295 cm³/mol. The molecule has 0 aliphatic heterocycles. The van der Waals surface area contributed by atoms with E-state index in [2.05, 4.69) is 151 Å². The zero-order valence-corrected chi connectivity index (χ0v) is 41.5. The molecule has 0 fully saturated rings. The van der Waals surface area contributed by atoms with Crippen LogP contribution >= 0.6 is 0 Å². The third-order valence-electron chi connectivity index (χ3n) is 13.1. The number of benzene rings is 7. The lowest BCUT2D eigenvalue weighted by molar-refractivity contribution is -0.571. The van der Waals surface area contributed by atoms with E-state index < -0.39 is 60.4 Å². The van der Waals surface area contributed by atoms with E-state index in [4.69, 9.17) is 18.2 Å². The van der Waals surface area contributed by atoms with E-state index in [1.165, 1.54) is 0 Å². The van der Waals surface area contributed by atoms with Crippen LogP contribution in [-0.4, -0.2) is 19.1 Å². The van der Waals surface area contributed by atoms with Gasteiger partial charge < -0.3 is 0 Å². The van der Waals surface area contributed by atoms with Crippen LogP contribution in [0.15, 0.2) is 200 Å². The second-order valence-electron chi connectivity index (χ2n) is 21.1. The molecule has 0 aliphatic rings. The maximum atomic E-state index is 9.18. The average Bonchev–Trinajstić information content (AvgIpc) is 4.25. The zero-order chi connectivity index (χ0) is 57.9. The molecular formula is C65H60N6. The largest absolute Gasteiger partial charge is 0.295 e. The molecule has 0 radical (unpaired) electrons. The van der Waals surface area contributed by atoms with Gasteiger partial charge in [0.25, 0.3) is 6.33 Å². The first-order valence-electron chi connectivity index (χ1n) is 28.9. The van der Waals surface area contributed by atoms with Crippen LogP contribution in [0.25, 0.3) is 72.3 Å². The number of anilines is 3. The Morgan fingerprint density at radius 3 is 1.83 bits per heavy atom. The Morgan fingerprint density at radius 2 is 1.15 bits per heavy atom. The summed E-state index contributed by atoms with van der Waals surface area (Å²) in [4.78, 5) is 12.7. The minimum atomic E-state index is -0.568. The predicted octanol–water partition coefficient (Wildman–Crippen LogP) is 16.3. The summed E-state index contributed by atoms with van der Waals surface area (Å²) in [5.41, 5.74) is 8.18. The molecule has 11 aromatic rings. The topological polar surface area (TPSA) is 42.8 Å². The molecule has 6 heteroatoms. The SMILES string of the molecule is [2H]c1c([2H])c([2H])c(-c2cccc(-c3c([2H])c([2H])c([2H])c([2H])c3[2H])c2-[n+]2[c-]n(-c3cccc(N(c4ccc5c6ccccc6n(-c6cc(C(C)(C)C)ccn6)c5c4)c4cc(C(C)(C)C)cc(C(C)(C)C)n4)c3)c3ccccc32)c([2H])c1[2H]. The summed E-state index contributed by atoms with van der Waals surface area (Å²) in [6.07, 6.45) is 5.45. The number of nitrogens with zero attached hydrogens (tertiary/aromatic N) is 6. The van der Waals surface area contributed by atoms with E-state index in [9.17, 15) is 5.48 Å². The number of fused-ring (bicyclic) bond motifs is 4. The fourth-order valence-electron chi connectivity index (χ4n) is 9.36. The molecule has 0 bridgehead atoms. The highest BCUT2D eigenvalue weighted by atomic mass is 15.2. The molecule has 71 heavy (non-hydrogen) atoms. The Balaban J connectivity index is 1.19. The summed E-state index contributed by atoms with van der Waals surface area (Å²) in [5.74, 6) is 1.50. The van der Waals surface area contributed by atoms with Crippen LogP contribution in [-0.2, 0) is 16.2 Å². The van der Waals surface area contributed by atoms with Gasteiger partial charge in [-0.1, -0.05) is 196 Å². The summed E-state index contributed by atoms with van der Waals surface area (Å²) in [6.45, 7) is 19.7. The first-order valence-corrected chi connectivity index (χ1v) is 23.9. The van der Waals surface area contributed by atoms with Crippen molar-refractivity contribution in [2.24, 2.45) is 0 Å². The zero-order valence-electron chi connectivity index (χ0n) is 51.5. The second-order valence-corrected chi connectivity index (χ2v) is 21.1. The van der Waals surface area contributed by atoms with E-state index >= 15 is 0 Å². The molecule has 0 saturated carbocycles. The Hall–Kier alpha value is -8.09. The van der Waals surface area contributed by atoms with E-state index in [0.29, 0.717) is 22.5 Å². The molecule has 0 atom stereocenters. The highest BCUT2D eigenvalue weighted by Gasteiger charge is 2.27. The number of rotatable bonds is 8. The number of pyridine rings is 2. The van der Waals surface area contributed by atoms with E-state index in [1.807, 2.05) is 53.2 Å². The number of para-hydroxylation sites is 4. The summed E-state index contributed by atoms with van der Waals surface area (Å²) in [7, 11) is 0. The summed E-state index contributed by atoms with van der Waals surface area (Å²) >= 11 is 0. The van der Waals surface area contributed by atoms with E-state index in [-0.39, 0.29) is 44.2 Å². The third-order valence-corrected chi connectivity index (χ3v) is 13.1. The van der Waals surface area contributed by atoms with Gasteiger partial charge in [-0.2, -0.15) is 0 Å². The van der Waals surface area contributed by atoms with Gasteiger partial charge in [-0.05, 0) is 105 Å². The molecule has 0 amide bonds. The molecule has 0 spiro atoms. The van der Waals surface area contributed by atoms with Crippen LogP contribution in [0.5, 0.6) is 0 Å². The minimum absolute atomic E-state index is 0.125. The smallest absolute Gasteiger partial charge is 0.269 e. The lowest BCUT2D eigenvalue weighted by Crippen LogP contribution is -2.31. The Morgan fingerprint density at radius 1 is 0.535 bits per heavy atom. The molecule has 0 saturated heterocycles. The minimum Gasteiger partial charge on any atom is -0.295 e. The number of aromatic nitrogens is 5. The van der Waals surface area contributed by atoms with Crippen molar-refractivity contribution in [3.05, 3.63) is 223 Å². The average molecular weight is 935 g/mol. The number of hydrogen-bond donors (Lipinski definition) is 0. The van der Waals surface area contributed by atoms with Crippen LogP contribution in [0.1, 0.15) is 92.8 Å². The summed E-state index contributed by atoms with van der Waals surface area (Å²) < 4.78 is 94.3. The highest BCUT2D eigenvalue weighted by molar-refractivity contribution is 6.10. The molecule has 7 aromatic carbocycles. The van der Waals surface area contributed by atoms with Crippen molar-refractivity contribution < 1.29 is 18.3 Å². The molecular weight excluding hydrogens is 865 g/mol. The third kappa shape index (κ3) is 8.37. The fourth-order valence-corrected chi connectivity index (χ4v) is 9.36.